The highest BCUT2D eigenvalue weighted by atomic mass is 32.1. The molecule has 0 heterocycles. The lowest BCUT2D eigenvalue weighted by molar-refractivity contribution is -0.145. The molecule has 0 unspecified atom stereocenters. The van der Waals surface area contributed by atoms with E-state index in [0.29, 0.717) is 31.3 Å². The number of benzene rings is 2. The summed E-state index contributed by atoms with van der Waals surface area (Å²) in [5, 5.41) is 5.77. The monoisotopic (exact) mass is 486 g/mol. The van der Waals surface area contributed by atoms with Crippen LogP contribution in [0.25, 0.3) is 0 Å². The number of amides is 1. The van der Waals surface area contributed by atoms with Crippen LogP contribution in [0.4, 0.5) is 0 Å². The van der Waals surface area contributed by atoms with E-state index in [1.165, 1.54) is 5.56 Å². The molecule has 2 N–H and O–H groups in total. The van der Waals surface area contributed by atoms with E-state index in [9.17, 15) is 9.59 Å². The highest BCUT2D eigenvalue weighted by molar-refractivity contribution is 7.80. The molecule has 0 bridgehead atoms. The quantitative estimate of drug-likeness (QED) is 0.234. The molecule has 2 aromatic rings. The van der Waals surface area contributed by atoms with E-state index in [4.69, 9.17) is 26.4 Å². The SMILES string of the molecule is CCCCOc1ccc(CNC(=S)NC(=O)CCC(=O)OCCCc2ccccc2)cc1OC. The number of rotatable bonds is 14. The van der Waals surface area contributed by atoms with Crippen LogP contribution in [0, 0.1) is 0 Å². The Bertz CT molecular complexity index is 921. The van der Waals surface area contributed by atoms with Crippen LogP contribution in [0.15, 0.2) is 48.5 Å². The van der Waals surface area contributed by atoms with Gasteiger partial charge in [-0.2, -0.15) is 0 Å². The second-order valence-electron chi connectivity index (χ2n) is 7.73. The summed E-state index contributed by atoms with van der Waals surface area (Å²) in [5.74, 6) is 0.613. The van der Waals surface area contributed by atoms with Gasteiger partial charge in [-0.1, -0.05) is 49.7 Å². The van der Waals surface area contributed by atoms with Gasteiger partial charge in [-0.25, -0.2) is 0 Å². The average Bonchev–Trinajstić information content (AvgIpc) is 2.85. The molecule has 34 heavy (non-hydrogen) atoms. The number of hydrogen-bond donors (Lipinski definition) is 2. The molecular formula is C26H34N2O5S. The van der Waals surface area contributed by atoms with Crippen molar-refractivity contribution in [1.29, 1.82) is 0 Å². The van der Waals surface area contributed by atoms with Crippen LogP contribution in [-0.4, -0.2) is 37.3 Å². The number of carbonyl (C=O) groups is 2. The molecule has 8 heteroatoms. The first-order valence-corrected chi connectivity index (χ1v) is 12.0. The molecule has 0 aliphatic carbocycles. The Kier molecular flexibility index (Phi) is 12.5. The average molecular weight is 487 g/mol. The lowest BCUT2D eigenvalue weighted by Crippen LogP contribution is -2.39. The Labute approximate surface area is 207 Å². The third-order valence-corrected chi connectivity index (χ3v) is 5.21. The Morgan fingerprint density at radius 2 is 1.74 bits per heavy atom. The maximum Gasteiger partial charge on any atom is 0.306 e. The highest BCUT2D eigenvalue weighted by Crippen LogP contribution is 2.28. The molecule has 0 aromatic heterocycles. The second-order valence-corrected chi connectivity index (χ2v) is 8.14. The minimum Gasteiger partial charge on any atom is -0.493 e. The van der Waals surface area contributed by atoms with Crippen LogP contribution in [-0.2, 0) is 27.3 Å². The van der Waals surface area contributed by atoms with Gasteiger partial charge in [0.15, 0.2) is 16.6 Å². The third kappa shape index (κ3) is 10.7. The Morgan fingerprint density at radius 1 is 0.941 bits per heavy atom. The molecule has 0 aliphatic rings. The van der Waals surface area contributed by atoms with Crippen LogP contribution >= 0.6 is 12.2 Å². The summed E-state index contributed by atoms with van der Waals surface area (Å²) in [7, 11) is 1.60. The first-order chi connectivity index (χ1) is 16.5. The summed E-state index contributed by atoms with van der Waals surface area (Å²) in [6.07, 6.45) is 3.64. The van der Waals surface area contributed by atoms with Gasteiger partial charge in [0.2, 0.25) is 5.91 Å². The highest BCUT2D eigenvalue weighted by Gasteiger charge is 2.10. The van der Waals surface area contributed by atoms with E-state index >= 15 is 0 Å². The normalized spacial score (nSPS) is 10.3. The summed E-state index contributed by atoms with van der Waals surface area (Å²) >= 11 is 5.18. The van der Waals surface area contributed by atoms with Gasteiger partial charge in [0.05, 0.1) is 26.7 Å². The van der Waals surface area contributed by atoms with Gasteiger partial charge in [-0.15, -0.1) is 0 Å². The number of carbonyl (C=O) groups excluding carboxylic acids is 2. The largest absolute Gasteiger partial charge is 0.493 e. The molecule has 184 valence electrons. The van der Waals surface area contributed by atoms with E-state index in [1.54, 1.807) is 7.11 Å². The second kappa shape index (κ2) is 15.7. The molecule has 1 amide bonds. The summed E-state index contributed by atoms with van der Waals surface area (Å²) in [6.45, 7) is 3.49. The van der Waals surface area contributed by atoms with Crippen LogP contribution in [0.1, 0.15) is 50.2 Å². The predicted molar refractivity (Wildman–Crippen MR) is 136 cm³/mol. The number of esters is 1. The number of nitrogens with one attached hydrogen (secondary N) is 2. The number of hydrogen-bond acceptors (Lipinski definition) is 6. The molecule has 0 saturated heterocycles. The maximum atomic E-state index is 12.1. The Morgan fingerprint density at radius 3 is 2.47 bits per heavy atom. The zero-order valence-electron chi connectivity index (χ0n) is 19.9. The molecule has 0 aliphatic heterocycles. The molecule has 7 nitrogen and oxygen atoms in total. The van der Waals surface area contributed by atoms with Crippen LogP contribution in [0.3, 0.4) is 0 Å². The standard InChI is InChI=1S/C26H34N2O5S/c1-3-4-16-32-22-13-12-21(18-23(22)31-2)19-27-26(34)28-24(29)14-15-25(30)33-17-8-11-20-9-6-5-7-10-20/h5-7,9-10,12-13,18H,3-4,8,11,14-17,19H2,1-2H3,(H2,27,28,29,34). The molecule has 0 fully saturated rings. The molecule has 2 rings (SSSR count). The van der Waals surface area contributed by atoms with Gasteiger partial charge in [-0.3, -0.25) is 9.59 Å². The lowest BCUT2D eigenvalue weighted by atomic mass is 10.1. The van der Waals surface area contributed by atoms with Gasteiger partial charge in [0, 0.05) is 13.0 Å². The summed E-state index contributed by atoms with van der Waals surface area (Å²) in [5.41, 5.74) is 2.13. The molecule has 0 saturated carbocycles. The molecule has 2 aromatic carbocycles. The van der Waals surface area contributed by atoms with Crippen molar-refractivity contribution in [3.63, 3.8) is 0 Å². The number of unbranched alkanes of at least 4 members (excludes halogenated alkanes) is 1. The fraction of sp³-hybridized carbons (Fsp3) is 0.423. The van der Waals surface area contributed by atoms with Crippen molar-refractivity contribution in [2.45, 2.75) is 52.0 Å². The predicted octanol–water partition coefficient (Wildman–Crippen LogP) is 4.32. The first kappa shape index (κ1) is 27.1. The van der Waals surface area contributed by atoms with Gasteiger partial charge >= 0.3 is 5.97 Å². The lowest BCUT2D eigenvalue weighted by Gasteiger charge is -2.13. The Hall–Kier alpha value is -3.13. The molecular weight excluding hydrogens is 452 g/mol. The van der Waals surface area contributed by atoms with E-state index < -0.39 is 5.97 Å². The van der Waals surface area contributed by atoms with Crippen LogP contribution < -0.4 is 20.1 Å². The molecule has 0 radical (unpaired) electrons. The maximum absolute atomic E-state index is 12.1. The summed E-state index contributed by atoms with van der Waals surface area (Å²) in [6, 6.07) is 15.6. The molecule has 0 atom stereocenters. The molecule has 0 spiro atoms. The van der Waals surface area contributed by atoms with Crippen molar-refractivity contribution < 1.29 is 23.8 Å². The van der Waals surface area contributed by atoms with E-state index in [1.807, 2.05) is 48.5 Å². The van der Waals surface area contributed by atoms with Gasteiger partial charge in [0.25, 0.3) is 0 Å². The van der Waals surface area contributed by atoms with Crippen molar-refractivity contribution in [1.82, 2.24) is 10.6 Å². The van der Waals surface area contributed by atoms with Crippen molar-refractivity contribution in [2.24, 2.45) is 0 Å². The number of thiocarbonyl (C=S) groups is 1. The number of methoxy groups -OCH3 is 1. The van der Waals surface area contributed by atoms with Crippen molar-refractivity contribution in [2.75, 3.05) is 20.3 Å². The fourth-order valence-corrected chi connectivity index (χ4v) is 3.26. The van der Waals surface area contributed by atoms with Gasteiger partial charge in [-0.05, 0) is 54.7 Å². The van der Waals surface area contributed by atoms with Crippen LogP contribution in [0.2, 0.25) is 0 Å². The fourth-order valence-electron chi connectivity index (χ4n) is 3.08. The number of aryl methyl sites for hydroxylation is 1. The van der Waals surface area contributed by atoms with Crippen molar-refractivity contribution in [3.8, 4) is 11.5 Å². The van der Waals surface area contributed by atoms with E-state index in [0.717, 1.165) is 31.2 Å². The minimum absolute atomic E-state index is 0.0104. The zero-order valence-corrected chi connectivity index (χ0v) is 20.7. The van der Waals surface area contributed by atoms with E-state index in [2.05, 4.69) is 17.6 Å². The van der Waals surface area contributed by atoms with Gasteiger partial charge in [0.1, 0.15) is 0 Å². The third-order valence-electron chi connectivity index (χ3n) is 4.96. The zero-order chi connectivity index (χ0) is 24.6. The van der Waals surface area contributed by atoms with E-state index in [-0.39, 0.29) is 23.9 Å². The smallest absolute Gasteiger partial charge is 0.306 e. The van der Waals surface area contributed by atoms with Crippen molar-refractivity contribution in [3.05, 3.63) is 59.7 Å². The number of ether oxygens (including phenoxy) is 3. The van der Waals surface area contributed by atoms with Crippen molar-refractivity contribution >= 4 is 29.2 Å². The topological polar surface area (TPSA) is 85.9 Å². The minimum atomic E-state index is -0.393. The summed E-state index contributed by atoms with van der Waals surface area (Å²) < 4.78 is 16.3. The van der Waals surface area contributed by atoms with Gasteiger partial charge < -0.3 is 24.8 Å². The Balaban J connectivity index is 1.62. The van der Waals surface area contributed by atoms with Crippen LogP contribution in [0.5, 0.6) is 11.5 Å². The first-order valence-electron chi connectivity index (χ1n) is 11.6. The summed E-state index contributed by atoms with van der Waals surface area (Å²) in [4.78, 5) is 23.9.